The van der Waals surface area contributed by atoms with E-state index in [2.05, 4.69) is 9.72 Å². The summed E-state index contributed by atoms with van der Waals surface area (Å²) in [5.41, 5.74) is -1.26. The molecule has 0 bridgehead atoms. The van der Waals surface area contributed by atoms with Crippen molar-refractivity contribution in [3.05, 3.63) is 47.7 Å². The van der Waals surface area contributed by atoms with E-state index in [0.717, 1.165) is 24.3 Å². The largest absolute Gasteiger partial charge is 0.573 e. The van der Waals surface area contributed by atoms with Crippen LogP contribution in [0.5, 0.6) is 5.75 Å². The van der Waals surface area contributed by atoms with Crippen molar-refractivity contribution in [1.82, 2.24) is 4.98 Å². The summed E-state index contributed by atoms with van der Waals surface area (Å²) in [5, 5.41) is 8.85. The molecule has 0 spiro atoms. The quantitative estimate of drug-likeness (QED) is 0.821. The molecular formula is C15H9F6NO3. The molecule has 0 aliphatic heterocycles. The van der Waals surface area contributed by atoms with Crippen LogP contribution in [0, 0.1) is 0 Å². The zero-order valence-electron chi connectivity index (χ0n) is 12.1. The molecule has 0 atom stereocenters. The zero-order chi connectivity index (χ0) is 18.8. The van der Waals surface area contributed by atoms with Crippen molar-refractivity contribution >= 4 is 5.97 Å². The number of carboxylic acids is 1. The number of aliphatic carboxylic acids is 1. The Kier molecular flexibility index (Phi) is 4.91. The van der Waals surface area contributed by atoms with Gasteiger partial charge in [0.25, 0.3) is 0 Å². The van der Waals surface area contributed by atoms with Crippen LogP contribution in [0.2, 0.25) is 0 Å². The maximum Gasteiger partial charge on any atom is 0.573 e. The molecule has 0 radical (unpaired) electrons. The third-order valence-electron chi connectivity index (χ3n) is 3.00. The second-order valence-corrected chi connectivity index (χ2v) is 4.87. The maximum absolute atomic E-state index is 12.7. The highest BCUT2D eigenvalue weighted by atomic mass is 19.4. The summed E-state index contributed by atoms with van der Waals surface area (Å²) in [6.45, 7) is 0. The summed E-state index contributed by atoms with van der Waals surface area (Å²) in [7, 11) is 0. The van der Waals surface area contributed by atoms with Gasteiger partial charge in [-0.05, 0) is 35.9 Å². The summed E-state index contributed by atoms with van der Waals surface area (Å²) >= 11 is 0. The van der Waals surface area contributed by atoms with Crippen LogP contribution in [-0.4, -0.2) is 22.4 Å². The number of carbonyl (C=O) groups is 1. The number of halogens is 6. The molecule has 1 heterocycles. The number of ether oxygens (including phenoxy) is 1. The molecule has 1 N–H and O–H groups in total. The second-order valence-electron chi connectivity index (χ2n) is 4.87. The van der Waals surface area contributed by atoms with Crippen molar-refractivity contribution in [2.75, 3.05) is 0 Å². The molecule has 0 unspecified atom stereocenters. The zero-order valence-corrected chi connectivity index (χ0v) is 12.1. The SMILES string of the molecule is O=C(O)Cc1cc(C(F)(F)F)cnc1-c1ccc(OC(F)(F)F)cc1. The molecule has 2 aromatic rings. The van der Waals surface area contributed by atoms with Crippen LogP contribution in [0.1, 0.15) is 11.1 Å². The van der Waals surface area contributed by atoms with E-state index >= 15 is 0 Å². The minimum atomic E-state index is -4.89. The fourth-order valence-electron chi connectivity index (χ4n) is 2.04. The van der Waals surface area contributed by atoms with Gasteiger partial charge in [0.15, 0.2) is 0 Å². The lowest BCUT2D eigenvalue weighted by Crippen LogP contribution is -2.17. The van der Waals surface area contributed by atoms with E-state index in [1.165, 1.54) is 0 Å². The molecule has 1 aromatic heterocycles. The van der Waals surface area contributed by atoms with Gasteiger partial charge in [-0.3, -0.25) is 9.78 Å². The molecule has 134 valence electrons. The number of carboxylic acid groups (broad SMARTS) is 1. The average Bonchev–Trinajstić information content (AvgIpc) is 2.45. The van der Waals surface area contributed by atoms with Gasteiger partial charge in [0.05, 0.1) is 17.7 Å². The van der Waals surface area contributed by atoms with Crippen LogP contribution in [0.3, 0.4) is 0 Å². The predicted molar refractivity (Wildman–Crippen MR) is 72.7 cm³/mol. The highest BCUT2D eigenvalue weighted by molar-refractivity contribution is 5.75. The van der Waals surface area contributed by atoms with Gasteiger partial charge in [0.1, 0.15) is 5.75 Å². The Morgan fingerprint density at radius 1 is 1.08 bits per heavy atom. The Hall–Kier alpha value is -2.78. The van der Waals surface area contributed by atoms with E-state index in [1.54, 1.807) is 0 Å². The molecule has 0 amide bonds. The van der Waals surface area contributed by atoms with Gasteiger partial charge in [-0.1, -0.05) is 0 Å². The number of pyridine rings is 1. The Labute approximate surface area is 136 Å². The van der Waals surface area contributed by atoms with Gasteiger partial charge in [-0.25, -0.2) is 0 Å². The first-order valence-electron chi connectivity index (χ1n) is 6.60. The molecule has 0 saturated heterocycles. The van der Waals surface area contributed by atoms with Crippen molar-refractivity contribution in [3.8, 4) is 17.0 Å². The molecule has 2 rings (SSSR count). The minimum absolute atomic E-state index is 0.0750. The number of nitrogens with zero attached hydrogens (tertiary/aromatic N) is 1. The number of rotatable bonds is 4. The fourth-order valence-corrected chi connectivity index (χ4v) is 2.04. The first kappa shape index (κ1) is 18.6. The van der Waals surface area contributed by atoms with Gasteiger partial charge in [0.2, 0.25) is 0 Å². The molecule has 4 nitrogen and oxygen atoms in total. The normalized spacial score (nSPS) is 12.1. The van der Waals surface area contributed by atoms with Crippen molar-refractivity contribution in [1.29, 1.82) is 0 Å². The number of benzene rings is 1. The maximum atomic E-state index is 12.7. The molecule has 0 fully saturated rings. The van der Waals surface area contributed by atoms with Gasteiger partial charge in [-0.15, -0.1) is 13.2 Å². The van der Waals surface area contributed by atoms with Gasteiger partial charge >= 0.3 is 18.5 Å². The number of alkyl halides is 6. The summed E-state index contributed by atoms with van der Waals surface area (Å²) in [5.74, 6) is -1.90. The smallest absolute Gasteiger partial charge is 0.481 e. The first-order chi connectivity index (χ1) is 11.5. The van der Waals surface area contributed by atoms with E-state index in [4.69, 9.17) is 5.11 Å². The van der Waals surface area contributed by atoms with Crippen LogP contribution < -0.4 is 4.74 Å². The number of hydrogen-bond donors (Lipinski definition) is 1. The van der Waals surface area contributed by atoms with Crippen molar-refractivity contribution in [3.63, 3.8) is 0 Å². The lowest BCUT2D eigenvalue weighted by molar-refractivity contribution is -0.274. The van der Waals surface area contributed by atoms with E-state index in [0.29, 0.717) is 12.3 Å². The number of hydrogen-bond acceptors (Lipinski definition) is 3. The van der Waals surface area contributed by atoms with Crippen LogP contribution >= 0.6 is 0 Å². The Bertz CT molecular complexity index is 768. The summed E-state index contributed by atoms with van der Waals surface area (Å²) in [6, 6.07) is 4.83. The summed E-state index contributed by atoms with van der Waals surface area (Å²) in [4.78, 5) is 14.5. The van der Waals surface area contributed by atoms with Crippen LogP contribution in [0.15, 0.2) is 36.5 Å². The van der Waals surface area contributed by atoms with E-state index in [9.17, 15) is 31.1 Å². The summed E-state index contributed by atoms with van der Waals surface area (Å²) in [6.07, 6.45) is -9.79. The van der Waals surface area contributed by atoms with Gasteiger partial charge in [-0.2, -0.15) is 13.2 Å². The average molecular weight is 365 g/mol. The third kappa shape index (κ3) is 5.10. The molecular weight excluding hydrogens is 356 g/mol. The Morgan fingerprint density at radius 3 is 2.16 bits per heavy atom. The minimum Gasteiger partial charge on any atom is -0.481 e. The molecule has 0 saturated carbocycles. The molecule has 0 aliphatic rings. The number of aromatic nitrogens is 1. The Balaban J connectivity index is 2.42. The van der Waals surface area contributed by atoms with Crippen molar-refractivity contribution in [2.45, 2.75) is 19.0 Å². The first-order valence-corrected chi connectivity index (χ1v) is 6.60. The van der Waals surface area contributed by atoms with Crippen LogP contribution in [0.4, 0.5) is 26.3 Å². The molecule has 25 heavy (non-hydrogen) atoms. The van der Waals surface area contributed by atoms with Crippen LogP contribution in [-0.2, 0) is 17.4 Å². The lowest BCUT2D eigenvalue weighted by atomic mass is 10.0. The highest BCUT2D eigenvalue weighted by Crippen LogP contribution is 2.33. The van der Waals surface area contributed by atoms with Crippen molar-refractivity contribution < 1.29 is 41.0 Å². The third-order valence-corrected chi connectivity index (χ3v) is 3.00. The summed E-state index contributed by atoms with van der Waals surface area (Å²) < 4.78 is 78.3. The van der Waals surface area contributed by atoms with E-state index < -0.39 is 36.2 Å². The van der Waals surface area contributed by atoms with Crippen molar-refractivity contribution in [2.24, 2.45) is 0 Å². The van der Waals surface area contributed by atoms with Crippen LogP contribution in [0.25, 0.3) is 11.3 Å². The van der Waals surface area contributed by atoms with E-state index in [1.807, 2.05) is 0 Å². The monoisotopic (exact) mass is 365 g/mol. The molecule has 0 aliphatic carbocycles. The van der Waals surface area contributed by atoms with Gasteiger partial charge < -0.3 is 9.84 Å². The predicted octanol–water partition coefficient (Wildman–Crippen LogP) is 4.29. The second kappa shape index (κ2) is 6.61. The molecule has 10 heteroatoms. The Morgan fingerprint density at radius 2 is 1.68 bits per heavy atom. The highest BCUT2D eigenvalue weighted by Gasteiger charge is 2.32. The standard InChI is InChI=1S/C15H9F6NO3/c16-14(17,18)10-5-9(6-12(23)24)13(22-7-10)8-1-3-11(4-2-8)25-15(19,20)21/h1-5,7H,6H2,(H,23,24). The molecule has 1 aromatic carbocycles. The topological polar surface area (TPSA) is 59.4 Å². The lowest BCUT2D eigenvalue weighted by Gasteiger charge is -2.13. The van der Waals surface area contributed by atoms with E-state index in [-0.39, 0.29) is 16.8 Å². The van der Waals surface area contributed by atoms with Gasteiger partial charge in [0, 0.05) is 11.8 Å². The fraction of sp³-hybridized carbons (Fsp3) is 0.200.